The molecule has 2 aliphatic rings. The van der Waals surface area contributed by atoms with Gasteiger partial charge in [-0.2, -0.15) is 4.31 Å². The Morgan fingerprint density at radius 3 is 2.21 bits per heavy atom. The van der Waals surface area contributed by atoms with Crippen LogP contribution in [-0.4, -0.2) is 49.7 Å². The molecule has 1 atom stereocenters. The van der Waals surface area contributed by atoms with E-state index in [1.165, 1.54) is 59.9 Å². The molecular formula is C23H23ClN2O6S. The standard InChI is InChI=1S/C23H23ClN2O6S/c1-32-23(29)15-6-10-17(11-7-15)25-21(27)14-20(22(25)28)26(18-4-2-3-5-18)33(30,31)19-12-8-16(24)9-13-19/h6-13,18,20H,2-5,14H2,1H3. The smallest absolute Gasteiger partial charge is 0.337 e. The average molecular weight is 491 g/mol. The SMILES string of the molecule is COC(=O)c1ccc(N2C(=O)CC(N(C3CCCC3)S(=O)(=O)c3ccc(Cl)cc3)C2=O)cc1. The van der Waals surface area contributed by atoms with Crippen molar-refractivity contribution in [2.24, 2.45) is 0 Å². The van der Waals surface area contributed by atoms with Crippen LogP contribution in [0.5, 0.6) is 0 Å². The molecule has 1 aliphatic heterocycles. The van der Waals surface area contributed by atoms with Gasteiger partial charge >= 0.3 is 5.97 Å². The van der Waals surface area contributed by atoms with E-state index in [2.05, 4.69) is 4.74 Å². The Hall–Kier alpha value is -2.75. The van der Waals surface area contributed by atoms with E-state index >= 15 is 0 Å². The van der Waals surface area contributed by atoms with Crippen LogP contribution < -0.4 is 4.90 Å². The Bertz CT molecular complexity index is 1170. The van der Waals surface area contributed by atoms with Gasteiger partial charge in [0.25, 0.3) is 5.91 Å². The van der Waals surface area contributed by atoms with Gasteiger partial charge in [-0.3, -0.25) is 9.59 Å². The molecule has 2 aromatic carbocycles. The van der Waals surface area contributed by atoms with Crippen LogP contribution >= 0.6 is 11.6 Å². The van der Waals surface area contributed by atoms with E-state index < -0.39 is 33.8 Å². The van der Waals surface area contributed by atoms with Crippen molar-refractivity contribution < 1.29 is 27.5 Å². The van der Waals surface area contributed by atoms with Crippen molar-refractivity contribution in [1.82, 2.24) is 4.31 Å². The summed E-state index contributed by atoms with van der Waals surface area (Å²) in [6.45, 7) is 0. The molecule has 1 heterocycles. The maximum atomic E-state index is 13.6. The molecule has 33 heavy (non-hydrogen) atoms. The summed E-state index contributed by atoms with van der Waals surface area (Å²) in [6.07, 6.45) is 2.70. The molecule has 174 valence electrons. The number of esters is 1. The lowest BCUT2D eigenvalue weighted by Gasteiger charge is -2.32. The highest BCUT2D eigenvalue weighted by Gasteiger charge is 2.49. The van der Waals surface area contributed by atoms with Crippen molar-refractivity contribution in [1.29, 1.82) is 0 Å². The van der Waals surface area contributed by atoms with Crippen molar-refractivity contribution in [3.8, 4) is 0 Å². The highest BCUT2D eigenvalue weighted by molar-refractivity contribution is 7.89. The third-order valence-electron chi connectivity index (χ3n) is 6.05. The van der Waals surface area contributed by atoms with Crippen molar-refractivity contribution in [3.05, 3.63) is 59.1 Å². The zero-order chi connectivity index (χ0) is 23.8. The number of imide groups is 1. The summed E-state index contributed by atoms with van der Waals surface area (Å²) in [6, 6.07) is 10.1. The highest BCUT2D eigenvalue weighted by atomic mass is 35.5. The van der Waals surface area contributed by atoms with Crippen LogP contribution in [0.25, 0.3) is 0 Å². The molecule has 0 aromatic heterocycles. The molecule has 1 aliphatic carbocycles. The number of anilines is 1. The molecule has 1 saturated carbocycles. The number of nitrogens with zero attached hydrogens (tertiary/aromatic N) is 2. The summed E-state index contributed by atoms with van der Waals surface area (Å²) in [5.74, 6) is -1.64. The van der Waals surface area contributed by atoms with Crippen LogP contribution in [0.1, 0.15) is 42.5 Å². The lowest BCUT2D eigenvalue weighted by atomic mass is 10.1. The fraction of sp³-hybridized carbons (Fsp3) is 0.348. The summed E-state index contributed by atoms with van der Waals surface area (Å²) in [5, 5.41) is 0.398. The number of sulfonamides is 1. The zero-order valence-electron chi connectivity index (χ0n) is 17.9. The number of ether oxygens (including phenoxy) is 1. The first-order valence-electron chi connectivity index (χ1n) is 10.6. The monoisotopic (exact) mass is 490 g/mol. The van der Waals surface area contributed by atoms with E-state index in [1.807, 2.05) is 0 Å². The van der Waals surface area contributed by atoms with Gasteiger partial charge in [-0.05, 0) is 61.4 Å². The quantitative estimate of drug-likeness (QED) is 0.454. The number of carbonyl (C=O) groups is 3. The van der Waals surface area contributed by atoms with Gasteiger partial charge in [-0.25, -0.2) is 18.1 Å². The van der Waals surface area contributed by atoms with Crippen LogP contribution in [0.2, 0.25) is 5.02 Å². The van der Waals surface area contributed by atoms with Gasteiger partial charge in [0.15, 0.2) is 0 Å². The Labute approximate surface area is 197 Å². The first kappa shape index (κ1) is 23.4. The largest absolute Gasteiger partial charge is 0.465 e. The van der Waals surface area contributed by atoms with Gasteiger partial charge in [0, 0.05) is 11.1 Å². The van der Waals surface area contributed by atoms with Crippen molar-refractivity contribution in [3.63, 3.8) is 0 Å². The average Bonchev–Trinajstić information content (AvgIpc) is 3.42. The van der Waals surface area contributed by atoms with Gasteiger partial charge in [0.05, 0.1) is 29.7 Å². The number of methoxy groups -OCH3 is 1. The third-order valence-corrected chi connectivity index (χ3v) is 8.28. The summed E-state index contributed by atoms with van der Waals surface area (Å²) in [5.41, 5.74) is 0.546. The second-order valence-electron chi connectivity index (χ2n) is 8.05. The topological polar surface area (TPSA) is 101 Å². The molecule has 2 fully saturated rings. The van der Waals surface area contributed by atoms with Gasteiger partial charge in [0.2, 0.25) is 15.9 Å². The molecule has 8 nitrogen and oxygen atoms in total. The molecule has 0 radical (unpaired) electrons. The number of hydrogen-bond acceptors (Lipinski definition) is 6. The number of benzene rings is 2. The van der Waals surface area contributed by atoms with Crippen LogP contribution in [0.15, 0.2) is 53.4 Å². The number of halogens is 1. The molecular weight excluding hydrogens is 468 g/mol. The minimum atomic E-state index is -4.05. The molecule has 4 rings (SSSR count). The molecule has 10 heteroatoms. The van der Waals surface area contributed by atoms with Crippen molar-refractivity contribution >= 4 is 45.1 Å². The molecule has 0 spiro atoms. The van der Waals surface area contributed by atoms with E-state index in [4.69, 9.17) is 11.6 Å². The molecule has 2 amide bonds. The van der Waals surface area contributed by atoms with E-state index in [9.17, 15) is 22.8 Å². The van der Waals surface area contributed by atoms with Gasteiger partial charge in [0.1, 0.15) is 6.04 Å². The maximum Gasteiger partial charge on any atom is 0.337 e. The number of amides is 2. The summed E-state index contributed by atoms with van der Waals surface area (Å²) in [4.78, 5) is 39.0. The highest BCUT2D eigenvalue weighted by Crippen LogP contribution is 2.36. The number of hydrogen-bond donors (Lipinski definition) is 0. The molecule has 0 N–H and O–H groups in total. The summed E-state index contributed by atoms with van der Waals surface area (Å²) in [7, 11) is -2.80. The Balaban J connectivity index is 1.68. The molecule has 2 aromatic rings. The first-order valence-corrected chi connectivity index (χ1v) is 12.4. The van der Waals surface area contributed by atoms with E-state index in [1.54, 1.807) is 0 Å². The zero-order valence-corrected chi connectivity index (χ0v) is 19.5. The number of carbonyl (C=O) groups excluding carboxylic acids is 3. The van der Waals surface area contributed by atoms with Crippen molar-refractivity contribution in [2.45, 2.75) is 49.1 Å². The third kappa shape index (κ3) is 4.40. The van der Waals surface area contributed by atoms with Crippen LogP contribution in [0.4, 0.5) is 5.69 Å². The summed E-state index contributed by atoms with van der Waals surface area (Å²) >= 11 is 5.92. The van der Waals surface area contributed by atoms with Crippen LogP contribution in [0.3, 0.4) is 0 Å². The lowest BCUT2D eigenvalue weighted by molar-refractivity contribution is -0.122. The van der Waals surface area contributed by atoms with Crippen LogP contribution in [0, 0.1) is 0 Å². The fourth-order valence-corrected chi connectivity index (χ4v) is 6.41. The van der Waals surface area contributed by atoms with Gasteiger partial charge in [-0.15, -0.1) is 0 Å². The summed E-state index contributed by atoms with van der Waals surface area (Å²) < 4.78 is 33.1. The van der Waals surface area contributed by atoms with Crippen LogP contribution in [-0.2, 0) is 24.3 Å². The number of rotatable bonds is 6. The molecule has 0 bridgehead atoms. The fourth-order valence-electron chi connectivity index (χ4n) is 4.46. The van der Waals surface area contributed by atoms with E-state index in [-0.39, 0.29) is 28.6 Å². The lowest BCUT2D eigenvalue weighted by Crippen LogP contribution is -2.49. The van der Waals surface area contributed by atoms with E-state index in [0.717, 1.165) is 17.7 Å². The Morgan fingerprint density at radius 1 is 1.03 bits per heavy atom. The normalized spacial score (nSPS) is 19.5. The second-order valence-corrected chi connectivity index (χ2v) is 10.3. The predicted molar refractivity (Wildman–Crippen MR) is 121 cm³/mol. The minimum absolute atomic E-state index is 0.0277. The van der Waals surface area contributed by atoms with Gasteiger partial charge < -0.3 is 4.74 Å². The second kappa shape index (κ2) is 9.24. The molecule has 1 saturated heterocycles. The van der Waals surface area contributed by atoms with Crippen molar-refractivity contribution in [2.75, 3.05) is 12.0 Å². The Kier molecular flexibility index (Phi) is 6.56. The minimum Gasteiger partial charge on any atom is -0.465 e. The molecule has 1 unspecified atom stereocenters. The van der Waals surface area contributed by atoms with Gasteiger partial charge in [-0.1, -0.05) is 24.4 Å². The predicted octanol–water partition coefficient (Wildman–Crippen LogP) is 3.39. The first-order chi connectivity index (χ1) is 15.7. The maximum absolute atomic E-state index is 13.6. The van der Waals surface area contributed by atoms with E-state index in [0.29, 0.717) is 17.9 Å². The Morgan fingerprint density at radius 2 is 1.64 bits per heavy atom.